The monoisotopic (exact) mass is 240 g/mol. The van der Waals surface area contributed by atoms with Gasteiger partial charge in [-0.1, -0.05) is 32.0 Å². The highest BCUT2D eigenvalue weighted by molar-refractivity contribution is 5.92. The summed E-state index contributed by atoms with van der Waals surface area (Å²) < 4.78 is 0. The van der Waals surface area contributed by atoms with Gasteiger partial charge in [0.25, 0.3) is 0 Å². The molecule has 1 saturated heterocycles. The summed E-state index contributed by atoms with van der Waals surface area (Å²) in [5.74, 6) is 0.807. The highest BCUT2D eigenvalue weighted by atomic mass is 15.2. The lowest BCUT2D eigenvalue weighted by Gasteiger charge is -2.21. The van der Waals surface area contributed by atoms with Crippen molar-refractivity contribution in [2.45, 2.75) is 26.7 Å². The number of para-hydroxylation sites is 1. The predicted molar refractivity (Wildman–Crippen MR) is 77.1 cm³/mol. The van der Waals surface area contributed by atoms with E-state index in [4.69, 9.17) is 4.98 Å². The molecule has 1 aromatic carbocycles. The van der Waals surface area contributed by atoms with Gasteiger partial charge in [-0.2, -0.15) is 0 Å². The van der Waals surface area contributed by atoms with Crippen LogP contribution in [0, 0.1) is 5.92 Å². The van der Waals surface area contributed by atoms with Gasteiger partial charge in [0.2, 0.25) is 0 Å². The molecular formula is C16H20N2. The Labute approximate surface area is 109 Å². The van der Waals surface area contributed by atoms with Crippen molar-refractivity contribution in [1.29, 1.82) is 0 Å². The minimum Gasteiger partial charge on any atom is -0.371 e. The van der Waals surface area contributed by atoms with E-state index in [-0.39, 0.29) is 0 Å². The lowest BCUT2D eigenvalue weighted by molar-refractivity contribution is 0.659. The van der Waals surface area contributed by atoms with Gasteiger partial charge in [0.15, 0.2) is 0 Å². The second kappa shape index (κ2) is 4.60. The van der Waals surface area contributed by atoms with Crippen LogP contribution in [0.1, 0.15) is 26.0 Å². The first-order chi connectivity index (χ1) is 8.78. The Morgan fingerprint density at radius 3 is 2.89 bits per heavy atom. The molecule has 0 amide bonds. The van der Waals surface area contributed by atoms with Gasteiger partial charge in [-0.3, -0.25) is 4.98 Å². The highest BCUT2D eigenvalue weighted by Crippen LogP contribution is 2.30. The van der Waals surface area contributed by atoms with Gasteiger partial charge in [0, 0.05) is 29.9 Å². The van der Waals surface area contributed by atoms with Crippen LogP contribution < -0.4 is 4.90 Å². The fourth-order valence-corrected chi connectivity index (χ4v) is 2.81. The first-order valence-electron chi connectivity index (χ1n) is 6.91. The highest BCUT2D eigenvalue weighted by Gasteiger charge is 2.21. The van der Waals surface area contributed by atoms with Gasteiger partial charge in [-0.05, 0) is 30.9 Å². The topological polar surface area (TPSA) is 16.1 Å². The molecule has 0 saturated carbocycles. The van der Waals surface area contributed by atoms with Crippen LogP contribution in [0.5, 0.6) is 0 Å². The van der Waals surface area contributed by atoms with Crippen molar-refractivity contribution in [1.82, 2.24) is 4.98 Å². The molecule has 3 rings (SSSR count). The van der Waals surface area contributed by atoms with Crippen LogP contribution in [0.2, 0.25) is 0 Å². The Morgan fingerprint density at radius 2 is 2.17 bits per heavy atom. The van der Waals surface area contributed by atoms with Crippen molar-refractivity contribution in [2.24, 2.45) is 5.92 Å². The lowest BCUT2D eigenvalue weighted by Crippen LogP contribution is -2.19. The summed E-state index contributed by atoms with van der Waals surface area (Å²) in [7, 11) is 0. The number of hydrogen-bond donors (Lipinski definition) is 0. The molecule has 94 valence electrons. The number of aromatic nitrogens is 1. The number of anilines is 1. The van der Waals surface area contributed by atoms with E-state index in [2.05, 4.69) is 49.1 Å². The fraction of sp³-hybridized carbons (Fsp3) is 0.438. The molecule has 1 fully saturated rings. The second-order valence-electron chi connectivity index (χ2n) is 5.34. The standard InChI is InChI=1S/C16H20N2/c1-3-13-10-16(18-9-8-12(2)11-18)14-6-4-5-7-15(14)17-13/h4-7,10,12H,3,8-9,11H2,1-2H3. The summed E-state index contributed by atoms with van der Waals surface area (Å²) in [4.78, 5) is 7.24. The van der Waals surface area contributed by atoms with Crippen molar-refractivity contribution in [2.75, 3.05) is 18.0 Å². The van der Waals surface area contributed by atoms with E-state index in [1.165, 1.54) is 36.3 Å². The van der Waals surface area contributed by atoms with Gasteiger partial charge in [0.05, 0.1) is 5.52 Å². The van der Waals surface area contributed by atoms with Crippen LogP contribution in [0.25, 0.3) is 10.9 Å². The molecule has 2 aromatic rings. The number of fused-ring (bicyclic) bond motifs is 1. The van der Waals surface area contributed by atoms with E-state index in [9.17, 15) is 0 Å². The molecule has 0 N–H and O–H groups in total. The third kappa shape index (κ3) is 1.96. The fourth-order valence-electron chi connectivity index (χ4n) is 2.81. The van der Waals surface area contributed by atoms with Gasteiger partial charge < -0.3 is 4.90 Å². The number of nitrogens with zero attached hydrogens (tertiary/aromatic N) is 2. The summed E-state index contributed by atoms with van der Waals surface area (Å²) in [6, 6.07) is 10.8. The van der Waals surface area contributed by atoms with Crippen LogP contribution >= 0.6 is 0 Å². The molecule has 2 heteroatoms. The molecule has 2 heterocycles. The van der Waals surface area contributed by atoms with E-state index >= 15 is 0 Å². The molecule has 2 nitrogen and oxygen atoms in total. The van der Waals surface area contributed by atoms with Crippen LogP contribution in [0.15, 0.2) is 30.3 Å². The zero-order valence-corrected chi connectivity index (χ0v) is 11.2. The Kier molecular flexibility index (Phi) is 2.94. The summed E-state index contributed by atoms with van der Waals surface area (Å²) >= 11 is 0. The van der Waals surface area contributed by atoms with E-state index in [0.29, 0.717) is 0 Å². The molecule has 0 aliphatic carbocycles. The van der Waals surface area contributed by atoms with Crippen LogP contribution in [-0.4, -0.2) is 18.1 Å². The second-order valence-corrected chi connectivity index (χ2v) is 5.34. The third-order valence-corrected chi connectivity index (χ3v) is 3.87. The minimum atomic E-state index is 0.807. The maximum atomic E-state index is 4.72. The van der Waals surface area contributed by atoms with E-state index in [0.717, 1.165) is 17.9 Å². The summed E-state index contributed by atoms with van der Waals surface area (Å²) in [6.45, 7) is 6.87. The minimum absolute atomic E-state index is 0.807. The summed E-state index contributed by atoms with van der Waals surface area (Å²) in [5, 5.41) is 1.30. The Balaban J connectivity index is 2.13. The molecule has 0 spiro atoms. The van der Waals surface area contributed by atoms with Crippen molar-refractivity contribution in [3.63, 3.8) is 0 Å². The van der Waals surface area contributed by atoms with Crippen molar-refractivity contribution >= 4 is 16.6 Å². The molecule has 18 heavy (non-hydrogen) atoms. The lowest BCUT2D eigenvalue weighted by atomic mass is 10.1. The number of rotatable bonds is 2. The molecule has 0 bridgehead atoms. The Morgan fingerprint density at radius 1 is 1.33 bits per heavy atom. The quantitative estimate of drug-likeness (QED) is 0.796. The normalized spacial score (nSPS) is 19.7. The van der Waals surface area contributed by atoms with E-state index < -0.39 is 0 Å². The van der Waals surface area contributed by atoms with Crippen LogP contribution in [0.3, 0.4) is 0 Å². The number of aryl methyl sites for hydroxylation is 1. The Hall–Kier alpha value is -1.57. The van der Waals surface area contributed by atoms with Crippen molar-refractivity contribution in [3.8, 4) is 0 Å². The molecular weight excluding hydrogens is 220 g/mol. The van der Waals surface area contributed by atoms with Gasteiger partial charge >= 0.3 is 0 Å². The molecule has 1 aliphatic heterocycles. The average molecular weight is 240 g/mol. The first-order valence-corrected chi connectivity index (χ1v) is 6.91. The molecule has 1 atom stereocenters. The first kappa shape index (κ1) is 11.5. The SMILES string of the molecule is CCc1cc(N2CCC(C)C2)c2ccccc2n1. The maximum absolute atomic E-state index is 4.72. The van der Waals surface area contributed by atoms with Gasteiger partial charge in [-0.25, -0.2) is 0 Å². The zero-order valence-electron chi connectivity index (χ0n) is 11.2. The number of pyridine rings is 1. The van der Waals surface area contributed by atoms with Crippen molar-refractivity contribution < 1.29 is 0 Å². The van der Waals surface area contributed by atoms with Crippen molar-refractivity contribution in [3.05, 3.63) is 36.0 Å². The number of hydrogen-bond acceptors (Lipinski definition) is 2. The molecule has 1 aliphatic rings. The van der Waals surface area contributed by atoms with E-state index in [1.807, 2.05) is 0 Å². The Bertz CT molecular complexity index is 562. The van der Waals surface area contributed by atoms with Crippen LogP contribution in [0.4, 0.5) is 5.69 Å². The van der Waals surface area contributed by atoms with Gasteiger partial charge in [-0.15, -0.1) is 0 Å². The number of benzene rings is 1. The zero-order chi connectivity index (χ0) is 12.5. The van der Waals surface area contributed by atoms with Gasteiger partial charge in [0.1, 0.15) is 0 Å². The van der Waals surface area contributed by atoms with Crippen LogP contribution in [-0.2, 0) is 6.42 Å². The predicted octanol–water partition coefficient (Wildman–Crippen LogP) is 3.64. The van der Waals surface area contributed by atoms with E-state index in [1.54, 1.807) is 0 Å². The smallest absolute Gasteiger partial charge is 0.0726 e. The average Bonchev–Trinajstić information content (AvgIpc) is 2.84. The summed E-state index contributed by atoms with van der Waals surface area (Å²) in [6.07, 6.45) is 2.30. The molecule has 1 unspecified atom stereocenters. The largest absolute Gasteiger partial charge is 0.371 e. The maximum Gasteiger partial charge on any atom is 0.0726 e. The molecule has 1 aromatic heterocycles. The molecule has 0 radical (unpaired) electrons. The summed E-state index contributed by atoms with van der Waals surface area (Å²) in [5.41, 5.74) is 3.71. The third-order valence-electron chi connectivity index (χ3n) is 3.87.